The third kappa shape index (κ3) is 4.20. The molecule has 2 aromatic heterocycles. The topological polar surface area (TPSA) is 86.1 Å². The first-order valence-electron chi connectivity index (χ1n) is 8.42. The van der Waals surface area contributed by atoms with Crippen molar-refractivity contribution in [3.05, 3.63) is 64.5 Å². The molecule has 0 spiro atoms. The molecule has 0 aliphatic heterocycles. The summed E-state index contributed by atoms with van der Waals surface area (Å²) in [5.74, 6) is -0.688. The van der Waals surface area contributed by atoms with E-state index < -0.39 is 5.91 Å². The van der Waals surface area contributed by atoms with Crippen LogP contribution in [0, 0.1) is 12.7 Å². The molecule has 0 saturated carbocycles. The van der Waals surface area contributed by atoms with Gasteiger partial charge in [0.1, 0.15) is 5.82 Å². The van der Waals surface area contributed by atoms with Gasteiger partial charge in [0.25, 0.3) is 5.91 Å². The Balaban J connectivity index is 1.76. The van der Waals surface area contributed by atoms with Crippen LogP contribution in [-0.2, 0) is 13.5 Å². The number of furan rings is 1. The fraction of sp³-hybridized carbons (Fsp3) is 0.263. The maximum atomic E-state index is 13.3. The van der Waals surface area contributed by atoms with Gasteiger partial charge < -0.3 is 15.5 Å². The lowest BCUT2D eigenvalue weighted by Crippen LogP contribution is -2.41. The monoisotopic (exact) mass is 390 g/mol. The second kappa shape index (κ2) is 7.94. The normalized spacial score (nSPS) is 12.2. The van der Waals surface area contributed by atoms with Crippen molar-refractivity contribution in [3.8, 4) is 11.3 Å². The lowest BCUT2D eigenvalue weighted by molar-refractivity contribution is 0.0910. The quantitative estimate of drug-likeness (QED) is 0.677. The minimum atomic E-state index is -0.435. The Kier molecular flexibility index (Phi) is 5.62. The predicted octanol–water partition coefficient (Wildman–Crippen LogP) is 3.08. The van der Waals surface area contributed by atoms with Crippen molar-refractivity contribution in [2.45, 2.75) is 19.4 Å². The third-order valence-corrected chi connectivity index (χ3v) is 4.56. The van der Waals surface area contributed by atoms with E-state index in [1.54, 1.807) is 36.1 Å². The zero-order valence-corrected chi connectivity index (χ0v) is 15.8. The molecule has 3 N–H and O–H groups in total. The number of rotatable bonds is 6. The highest BCUT2D eigenvalue weighted by Gasteiger charge is 2.22. The van der Waals surface area contributed by atoms with Gasteiger partial charge in [-0.1, -0.05) is 12.1 Å². The molecule has 0 fully saturated rings. The van der Waals surface area contributed by atoms with Crippen LogP contribution in [0.15, 0.2) is 40.9 Å². The highest BCUT2D eigenvalue weighted by Crippen LogP contribution is 2.32. The minimum absolute atomic E-state index is 0.0771. The van der Waals surface area contributed by atoms with Crippen LogP contribution in [0.3, 0.4) is 0 Å². The summed E-state index contributed by atoms with van der Waals surface area (Å²) in [5, 5.41) is 7.09. The van der Waals surface area contributed by atoms with E-state index in [1.807, 2.05) is 6.92 Å². The number of carbonyl (C=O) groups is 1. The number of nitrogens with zero attached hydrogens (tertiary/aromatic N) is 2. The van der Waals surface area contributed by atoms with Gasteiger partial charge in [-0.05, 0) is 48.2 Å². The van der Waals surface area contributed by atoms with Gasteiger partial charge in [-0.2, -0.15) is 5.10 Å². The molecular weight excluding hydrogens is 371 g/mol. The van der Waals surface area contributed by atoms with Crippen molar-refractivity contribution in [2.24, 2.45) is 12.8 Å². The molecule has 27 heavy (non-hydrogen) atoms. The number of nitrogens with two attached hydrogens (primary N) is 1. The van der Waals surface area contributed by atoms with Gasteiger partial charge in [-0.15, -0.1) is 0 Å². The van der Waals surface area contributed by atoms with Crippen molar-refractivity contribution in [1.29, 1.82) is 0 Å². The van der Waals surface area contributed by atoms with E-state index in [1.165, 1.54) is 12.1 Å². The smallest absolute Gasteiger partial charge is 0.287 e. The van der Waals surface area contributed by atoms with E-state index in [0.29, 0.717) is 12.0 Å². The Morgan fingerprint density at radius 2 is 2.22 bits per heavy atom. The number of hydrogen-bond acceptors (Lipinski definition) is 4. The van der Waals surface area contributed by atoms with Crippen molar-refractivity contribution in [2.75, 3.05) is 6.54 Å². The molecule has 1 atom stereocenters. The van der Waals surface area contributed by atoms with Gasteiger partial charge in [-0.3, -0.25) is 9.48 Å². The van der Waals surface area contributed by atoms with Crippen molar-refractivity contribution < 1.29 is 13.6 Å². The zero-order chi connectivity index (χ0) is 19.6. The molecule has 2 heterocycles. The van der Waals surface area contributed by atoms with Gasteiger partial charge in [-0.25, -0.2) is 4.39 Å². The Bertz CT molecular complexity index is 947. The molecule has 142 valence electrons. The van der Waals surface area contributed by atoms with Crippen LogP contribution in [0.4, 0.5) is 4.39 Å². The van der Waals surface area contributed by atoms with Gasteiger partial charge in [0.2, 0.25) is 5.22 Å². The fourth-order valence-electron chi connectivity index (χ4n) is 2.97. The molecule has 3 rings (SSSR count). The Labute approximate surface area is 161 Å². The molecule has 0 radical (unpaired) electrons. The lowest BCUT2D eigenvalue weighted by Gasteiger charge is -2.16. The largest absolute Gasteiger partial charge is 0.439 e. The lowest BCUT2D eigenvalue weighted by atomic mass is 10.1. The van der Waals surface area contributed by atoms with Crippen LogP contribution in [0.5, 0.6) is 0 Å². The second-order valence-electron chi connectivity index (χ2n) is 6.34. The summed E-state index contributed by atoms with van der Waals surface area (Å²) >= 11 is 6.19. The molecule has 3 aromatic rings. The number of amides is 1. The van der Waals surface area contributed by atoms with Crippen molar-refractivity contribution in [3.63, 3.8) is 0 Å². The van der Waals surface area contributed by atoms with E-state index in [9.17, 15) is 9.18 Å². The fourth-order valence-corrected chi connectivity index (χ4v) is 3.20. The summed E-state index contributed by atoms with van der Waals surface area (Å²) < 4.78 is 20.4. The number of aromatic nitrogens is 2. The summed E-state index contributed by atoms with van der Waals surface area (Å²) in [4.78, 5) is 12.6. The molecule has 1 aromatic carbocycles. The minimum Gasteiger partial charge on any atom is -0.439 e. The predicted molar refractivity (Wildman–Crippen MR) is 101 cm³/mol. The summed E-state index contributed by atoms with van der Waals surface area (Å²) in [7, 11) is 1.79. The molecule has 0 saturated heterocycles. The summed E-state index contributed by atoms with van der Waals surface area (Å²) in [6, 6.07) is 7.40. The van der Waals surface area contributed by atoms with Gasteiger partial charge in [0.05, 0.1) is 17.5 Å². The van der Waals surface area contributed by atoms with Crippen LogP contribution in [-0.4, -0.2) is 28.3 Å². The molecule has 8 heteroatoms. The first-order chi connectivity index (χ1) is 12.9. The summed E-state index contributed by atoms with van der Waals surface area (Å²) in [5.41, 5.74) is 8.79. The molecule has 0 unspecified atom stereocenters. The first kappa shape index (κ1) is 19.1. The number of carbonyl (C=O) groups excluding carboxylic acids is 1. The highest BCUT2D eigenvalue weighted by atomic mass is 35.5. The first-order valence-corrected chi connectivity index (χ1v) is 8.80. The highest BCUT2D eigenvalue weighted by molar-refractivity contribution is 6.31. The Hall–Kier alpha value is -2.64. The zero-order valence-electron chi connectivity index (χ0n) is 15.0. The maximum Gasteiger partial charge on any atom is 0.287 e. The molecular formula is C19H20ClFN4O2. The number of halogens is 2. The van der Waals surface area contributed by atoms with E-state index in [0.717, 1.165) is 16.8 Å². The molecule has 0 bridgehead atoms. The van der Waals surface area contributed by atoms with Crippen LogP contribution in [0.25, 0.3) is 11.3 Å². The molecule has 1 amide bonds. The molecule has 0 aliphatic rings. The van der Waals surface area contributed by atoms with Crippen molar-refractivity contribution in [1.82, 2.24) is 15.1 Å². The maximum absolute atomic E-state index is 13.3. The standard InChI is InChI=1S/C19H20ClFN4O2/c1-11-10-23-25(2)17(11)15-8-16(27-18(15)20)19(26)24-14(9-22)7-12-4-3-5-13(21)6-12/h3-6,8,10,14H,7,9,22H2,1-2H3,(H,24,26)/t14-/m0/s1. The summed E-state index contributed by atoms with van der Waals surface area (Å²) in [6.45, 7) is 2.10. The third-order valence-electron chi connectivity index (χ3n) is 4.28. The van der Waals surface area contributed by atoms with Crippen molar-refractivity contribution >= 4 is 17.5 Å². The van der Waals surface area contributed by atoms with Crippen LogP contribution in [0.1, 0.15) is 21.7 Å². The number of nitrogens with one attached hydrogen (secondary N) is 1. The Morgan fingerprint density at radius 3 is 2.85 bits per heavy atom. The molecule has 6 nitrogen and oxygen atoms in total. The number of hydrogen-bond donors (Lipinski definition) is 2. The van der Waals surface area contributed by atoms with E-state index in [2.05, 4.69) is 10.4 Å². The van der Waals surface area contributed by atoms with Crippen LogP contribution < -0.4 is 11.1 Å². The summed E-state index contributed by atoms with van der Waals surface area (Å²) in [6.07, 6.45) is 2.12. The SMILES string of the molecule is Cc1cnn(C)c1-c1cc(C(=O)N[C@H](CN)Cc2cccc(F)c2)oc1Cl. The average molecular weight is 391 g/mol. The molecule has 0 aliphatic carbocycles. The van der Waals surface area contributed by atoms with Crippen LogP contribution >= 0.6 is 11.6 Å². The average Bonchev–Trinajstić information content (AvgIpc) is 3.16. The number of aryl methyl sites for hydroxylation is 2. The Morgan fingerprint density at radius 1 is 1.44 bits per heavy atom. The van der Waals surface area contributed by atoms with E-state index in [-0.39, 0.29) is 29.4 Å². The van der Waals surface area contributed by atoms with E-state index in [4.69, 9.17) is 21.8 Å². The van der Waals surface area contributed by atoms with E-state index >= 15 is 0 Å². The van der Waals surface area contributed by atoms with Gasteiger partial charge in [0.15, 0.2) is 5.76 Å². The van der Waals surface area contributed by atoms with Gasteiger partial charge in [0, 0.05) is 25.7 Å². The number of benzene rings is 1. The second-order valence-corrected chi connectivity index (χ2v) is 6.68. The van der Waals surface area contributed by atoms with Gasteiger partial charge >= 0.3 is 0 Å². The van der Waals surface area contributed by atoms with Crippen LogP contribution in [0.2, 0.25) is 5.22 Å².